The minimum absolute atomic E-state index is 0.208. The molecule has 0 bridgehead atoms. The maximum Gasteiger partial charge on any atom is 0.329 e. The van der Waals surface area contributed by atoms with E-state index in [-0.39, 0.29) is 6.61 Å². The molecule has 0 unspecified atom stereocenters. The number of hydrogen-bond acceptors (Lipinski definition) is 4. The van der Waals surface area contributed by atoms with Gasteiger partial charge in [-0.25, -0.2) is 4.79 Å². The number of aliphatic carboxylic acids is 1. The molecule has 0 aliphatic carbocycles. The van der Waals surface area contributed by atoms with Gasteiger partial charge in [0, 0.05) is 33.2 Å². The van der Waals surface area contributed by atoms with Crippen LogP contribution in [0.2, 0.25) is 0 Å². The molecule has 1 N–H and O–H groups in total. The fraction of sp³-hybridized carbons (Fsp3) is 0.800. The predicted octanol–water partition coefficient (Wildman–Crippen LogP) is 0.602. The maximum atomic E-state index is 9.47. The molecule has 0 aromatic heterocycles. The largest absolute Gasteiger partial charge is 0.480 e. The van der Waals surface area contributed by atoms with E-state index < -0.39 is 5.97 Å². The Morgan fingerprint density at radius 3 is 2.80 bits per heavy atom. The number of carbonyl (C=O) groups is 1. The van der Waals surface area contributed by atoms with E-state index in [1.165, 1.54) is 45.3 Å². The highest BCUT2D eigenvalue weighted by molar-refractivity contribution is 5.84. The summed E-state index contributed by atoms with van der Waals surface area (Å²) < 4.78 is 4.20. The van der Waals surface area contributed by atoms with Crippen molar-refractivity contribution < 1.29 is 14.6 Å². The van der Waals surface area contributed by atoms with Crippen LogP contribution in [0.3, 0.4) is 0 Å². The van der Waals surface area contributed by atoms with Gasteiger partial charge >= 0.3 is 5.97 Å². The Morgan fingerprint density at radius 2 is 2.27 bits per heavy atom. The molecule has 2 aliphatic heterocycles. The summed E-state index contributed by atoms with van der Waals surface area (Å²) >= 11 is 0. The van der Waals surface area contributed by atoms with Crippen LogP contribution in [0.15, 0.2) is 4.99 Å². The quantitative estimate of drug-likeness (QED) is 0.731. The van der Waals surface area contributed by atoms with Gasteiger partial charge in [0.2, 0.25) is 0 Å². The van der Waals surface area contributed by atoms with E-state index in [0.717, 1.165) is 6.54 Å². The standard InChI is InChI=1S/C7H12N2.C3H6O3/c1-3-7-8-4-2-6-9(7)5-1;1-6-2-3(4)5/h1-6H2;2H2,1H3,(H,4,5). The van der Waals surface area contributed by atoms with Crippen LogP contribution in [0, 0.1) is 0 Å². The van der Waals surface area contributed by atoms with Crippen LogP contribution in [0.25, 0.3) is 0 Å². The SMILES string of the molecule is C1CN=C2CCCN2C1.COCC(=O)O. The Bertz CT molecular complexity index is 241. The zero-order valence-electron chi connectivity index (χ0n) is 9.11. The number of methoxy groups -OCH3 is 1. The van der Waals surface area contributed by atoms with Gasteiger partial charge in [-0.05, 0) is 12.8 Å². The number of fused-ring (bicyclic) bond motifs is 1. The van der Waals surface area contributed by atoms with Crippen molar-refractivity contribution in [2.24, 2.45) is 4.99 Å². The molecule has 0 radical (unpaired) electrons. The lowest BCUT2D eigenvalue weighted by molar-refractivity contribution is -0.141. The smallest absolute Gasteiger partial charge is 0.329 e. The lowest BCUT2D eigenvalue weighted by Crippen LogP contribution is -2.29. The highest BCUT2D eigenvalue weighted by Crippen LogP contribution is 2.14. The van der Waals surface area contributed by atoms with Gasteiger partial charge in [0.05, 0.1) is 5.84 Å². The van der Waals surface area contributed by atoms with E-state index in [2.05, 4.69) is 14.6 Å². The summed E-state index contributed by atoms with van der Waals surface area (Å²) in [7, 11) is 1.34. The maximum absolute atomic E-state index is 9.47. The van der Waals surface area contributed by atoms with E-state index in [1.54, 1.807) is 0 Å². The minimum atomic E-state index is -0.933. The van der Waals surface area contributed by atoms with Crippen LogP contribution in [-0.4, -0.2) is 55.2 Å². The number of aliphatic imine (C=N–C) groups is 1. The Balaban J connectivity index is 0.000000167. The van der Waals surface area contributed by atoms with Gasteiger partial charge in [-0.1, -0.05) is 0 Å². The second-order valence-corrected chi connectivity index (χ2v) is 3.57. The average molecular weight is 214 g/mol. The molecule has 1 saturated heterocycles. The first kappa shape index (κ1) is 12.0. The van der Waals surface area contributed by atoms with Gasteiger partial charge in [-0.15, -0.1) is 0 Å². The Hall–Kier alpha value is -1.10. The van der Waals surface area contributed by atoms with E-state index in [0.29, 0.717) is 0 Å². The predicted molar refractivity (Wildman–Crippen MR) is 57.2 cm³/mol. The molecule has 2 heterocycles. The monoisotopic (exact) mass is 214 g/mol. The van der Waals surface area contributed by atoms with Crippen molar-refractivity contribution in [3.63, 3.8) is 0 Å². The molecule has 0 spiro atoms. The third-order valence-corrected chi connectivity index (χ3v) is 2.34. The van der Waals surface area contributed by atoms with E-state index in [9.17, 15) is 4.79 Å². The van der Waals surface area contributed by atoms with Gasteiger partial charge in [0.25, 0.3) is 0 Å². The van der Waals surface area contributed by atoms with Crippen molar-refractivity contribution in [2.75, 3.05) is 33.4 Å². The van der Waals surface area contributed by atoms with Crippen LogP contribution in [0.1, 0.15) is 19.3 Å². The minimum Gasteiger partial charge on any atom is -0.480 e. The molecule has 1 fully saturated rings. The molecule has 2 rings (SSSR count). The van der Waals surface area contributed by atoms with Crippen LogP contribution in [0.4, 0.5) is 0 Å². The summed E-state index contributed by atoms with van der Waals surface area (Å²) in [4.78, 5) is 16.3. The molecule has 0 saturated carbocycles. The van der Waals surface area contributed by atoms with Crippen molar-refractivity contribution in [3.05, 3.63) is 0 Å². The molecule has 0 amide bonds. The van der Waals surface area contributed by atoms with Gasteiger partial charge < -0.3 is 14.7 Å². The lowest BCUT2D eigenvalue weighted by atomic mass is 10.3. The number of nitrogens with zero attached hydrogens (tertiary/aromatic N) is 2. The first-order chi connectivity index (χ1) is 7.24. The van der Waals surface area contributed by atoms with Gasteiger partial charge in [-0.3, -0.25) is 4.99 Å². The molecule has 5 heteroatoms. The summed E-state index contributed by atoms with van der Waals surface area (Å²) in [6, 6.07) is 0. The fourth-order valence-corrected chi connectivity index (χ4v) is 1.73. The molecular formula is C10H18N2O3. The van der Waals surface area contributed by atoms with Crippen molar-refractivity contribution in [3.8, 4) is 0 Å². The summed E-state index contributed by atoms with van der Waals surface area (Å²) in [6.45, 7) is 3.39. The van der Waals surface area contributed by atoms with Gasteiger partial charge in [0.15, 0.2) is 0 Å². The number of ether oxygens (including phenoxy) is 1. The van der Waals surface area contributed by atoms with Crippen LogP contribution in [-0.2, 0) is 9.53 Å². The summed E-state index contributed by atoms with van der Waals surface area (Å²) in [5.74, 6) is 0.443. The third-order valence-electron chi connectivity index (χ3n) is 2.34. The summed E-state index contributed by atoms with van der Waals surface area (Å²) in [5.41, 5.74) is 0. The van der Waals surface area contributed by atoms with Gasteiger partial charge in [0.1, 0.15) is 6.61 Å². The van der Waals surface area contributed by atoms with Crippen LogP contribution < -0.4 is 0 Å². The second kappa shape index (κ2) is 6.40. The molecule has 2 aliphatic rings. The van der Waals surface area contributed by atoms with E-state index in [4.69, 9.17) is 5.11 Å². The fourth-order valence-electron chi connectivity index (χ4n) is 1.73. The molecule has 15 heavy (non-hydrogen) atoms. The number of hydrogen-bond donors (Lipinski definition) is 1. The Morgan fingerprint density at radius 1 is 1.53 bits per heavy atom. The third kappa shape index (κ3) is 4.29. The number of rotatable bonds is 2. The molecule has 86 valence electrons. The highest BCUT2D eigenvalue weighted by atomic mass is 16.5. The van der Waals surface area contributed by atoms with Crippen molar-refractivity contribution >= 4 is 11.8 Å². The second-order valence-electron chi connectivity index (χ2n) is 3.57. The van der Waals surface area contributed by atoms with Crippen molar-refractivity contribution in [1.82, 2.24) is 4.90 Å². The highest BCUT2D eigenvalue weighted by Gasteiger charge is 2.19. The topological polar surface area (TPSA) is 62.1 Å². The summed E-state index contributed by atoms with van der Waals surface area (Å²) in [5, 5.41) is 7.79. The zero-order valence-corrected chi connectivity index (χ0v) is 9.11. The number of carboxylic acids is 1. The average Bonchev–Trinajstić information content (AvgIpc) is 2.65. The Labute approximate surface area is 89.7 Å². The molecule has 0 atom stereocenters. The van der Waals surface area contributed by atoms with Crippen molar-refractivity contribution in [1.29, 1.82) is 0 Å². The zero-order chi connectivity index (χ0) is 11.1. The normalized spacial score (nSPS) is 18.7. The lowest BCUT2D eigenvalue weighted by Gasteiger charge is -2.21. The molecule has 5 nitrogen and oxygen atoms in total. The number of amidine groups is 1. The Kier molecular flexibility index (Phi) is 5.10. The van der Waals surface area contributed by atoms with E-state index in [1.807, 2.05) is 0 Å². The van der Waals surface area contributed by atoms with E-state index >= 15 is 0 Å². The molecular weight excluding hydrogens is 196 g/mol. The first-order valence-corrected chi connectivity index (χ1v) is 5.23. The van der Waals surface area contributed by atoms with Crippen LogP contribution in [0.5, 0.6) is 0 Å². The van der Waals surface area contributed by atoms with Crippen LogP contribution >= 0.6 is 0 Å². The number of carboxylic acid groups (broad SMARTS) is 1. The molecule has 0 aromatic rings. The molecule has 0 aromatic carbocycles. The first-order valence-electron chi connectivity index (χ1n) is 5.23. The van der Waals surface area contributed by atoms with Gasteiger partial charge in [-0.2, -0.15) is 0 Å². The summed E-state index contributed by atoms with van der Waals surface area (Å²) in [6.07, 6.45) is 3.84. The van der Waals surface area contributed by atoms with Crippen molar-refractivity contribution in [2.45, 2.75) is 19.3 Å².